The molecule has 0 radical (unpaired) electrons. The van der Waals surface area contributed by atoms with Crippen molar-refractivity contribution < 1.29 is 0 Å². The molecule has 0 N–H and O–H groups in total. The zero-order valence-electron chi connectivity index (χ0n) is 19.1. The van der Waals surface area contributed by atoms with Crippen LogP contribution < -0.4 is 0 Å². The minimum atomic E-state index is 0.559. The Labute approximate surface area is 163 Å². The van der Waals surface area contributed by atoms with Gasteiger partial charge < -0.3 is 0 Å². The summed E-state index contributed by atoms with van der Waals surface area (Å²) >= 11 is 0. The molecular formula is C26H44. The van der Waals surface area contributed by atoms with Gasteiger partial charge in [-0.2, -0.15) is 0 Å². The highest BCUT2D eigenvalue weighted by Gasteiger charge is 2.90. The lowest BCUT2D eigenvalue weighted by atomic mass is 9.30. The van der Waals surface area contributed by atoms with E-state index in [0.717, 1.165) is 41.4 Å². The SMILES string of the molecule is CCC1C(C)C23CC(C)(C4CC5(C4C(C)C1(C)C5C)C2CC)C3(C)CC. The van der Waals surface area contributed by atoms with Crippen molar-refractivity contribution in [1.82, 2.24) is 0 Å². The summed E-state index contributed by atoms with van der Waals surface area (Å²) in [5, 5.41) is 0. The Bertz CT molecular complexity index is 650. The summed E-state index contributed by atoms with van der Waals surface area (Å²) < 4.78 is 0. The highest BCUT2D eigenvalue weighted by Crippen LogP contribution is 2.95. The normalized spacial score (nSPS) is 70.3. The molecule has 8 rings (SSSR count). The molecule has 12 unspecified atom stereocenters. The maximum absolute atomic E-state index is 2.76. The van der Waals surface area contributed by atoms with Crippen LogP contribution in [0.2, 0.25) is 0 Å². The third kappa shape index (κ3) is 1.22. The van der Waals surface area contributed by atoms with E-state index < -0.39 is 0 Å². The first-order valence-corrected chi connectivity index (χ1v) is 12.1. The quantitative estimate of drug-likeness (QED) is 0.493. The van der Waals surface area contributed by atoms with Crippen LogP contribution in [0.4, 0.5) is 0 Å². The fourth-order valence-corrected chi connectivity index (χ4v) is 12.6. The molecule has 0 aromatic carbocycles. The smallest absolute Gasteiger partial charge is 0.0171 e. The molecular weight excluding hydrogens is 312 g/mol. The molecule has 12 atom stereocenters. The van der Waals surface area contributed by atoms with Crippen LogP contribution in [0.15, 0.2) is 0 Å². The lowest BCUT2D eigenvalue weighted by Crippen LogP contribution is -2.68. The van der Waals surface area contributed by atoms with E-state index in [-0.39, 0.29) is 0 Å². The Morgan fingerprint density at radius 2 is 1.54 bits per heavy atom. The second-order valence-corrected chi connectivity index (χ2v) is 12.4. The molecule has 0 heteroatoms. The van der Waals surface area contributed by atoms with Gasteiger partial charge in [-0.15, -0.1) is 0 Å². The van der Waals surface area contributed by atoms with Crippen molar-refractivity contribution >= 4 is 0 Å². The van der Waals surface area contributed by atoms with E-state index in [9.17, 15) is 0 Å². The number of fused-ring (bicyclic) bond motifs is 1. The van der Waals surface area contributed by atoms with E-state index in [1.165, 1.54) is 19.3 Å². The largest absolute Gasteiger partial charge is 0.0651 e. The van der Waals surface area contributed by atoms with Gasteiger partial charge in [0.2, 0.25) is 0 Å². The van der Waals surface area contributed by atoms with Gasteiger partial charge in [-0.1, -0.05) is 75.2 Å². The van der Waals surface area contributed by atoms with Gasteiger partial charge >= 0.3 is 0 Å². The first-order valence-electron chi connectivity index (χ1n) is 12.1. The summed E-state index contributed by atoms with van der Waals surface area (Å²) in [5.41, 5.74) is 3.02. The van der Waals surface area contributed by atoms with Gasteiger partial charge in [0, 0.05) is 0 Å². The fraction of sp³-hybridized carbons (Fsp3) is 1.00. The van der Waals surface area contributed by atoms with Gasteiger partial charge in [0.15, 0.2) is 0 Å². The maximum atomic E-state index is 2.76. The van der Waals surface area contributed by atoms with E-state index >= 15 is 0 Å². The molecule has 5 bridgehead atoms. The molecule has 148 valence electrons. The van der Waals surface area contributed by atoms with Crippen LogP contribution in [0.1, 0.15) is 94.4 Å². The number of rotatable bonds is 3. The average Bonchev–Trinajstić information content (AvgIpc) is 2.76. The van der Waals surface area contributed by atoms with Crippen molar-refractivity contribution in [2.75, 3.05) is 0 Å². The molecule has 0 aliphatic heterocycles. The first kappa shape index (κ1) is 18.1. The van der Waals surface area contributed by atoms with Crippen molar-refractivity contribution in [3.63, 3.8) is 0 Å². The Morgan fingerprint density at radius 3 is 2.08 bits per heavy atom. The second kappa shape index (κ2) is 4.59. The number of hydrogen-bond acceptors (Lipinski definition) is 0. The van der Waals surface area contributed by atoms with Crippen molar-refractivity contribution in [1.29, 1.82) is 0 Å². The summed E-state index contributed by atoms with van der Waals surface area (Å²) in [5.74, 6) is 6.67. The Kier molecular flexibility index (Phi) is 3.19. The molecule has 0 amide bonds. The molecule has 0 nitrogen and oxygen atoms in total. The molecule has 8 fully saturated rings. The minimum Gasteiger partial charge on any atom is -0.0651 e. The highest BCUT2D eigenvalue weighted by atomic mass is 14.9. The van der Waals surface area contributed by atoms with Gasteiger partial charge in [-0.3, -0.25) is 0 Å². The standard InChI is InChI=1S/C26H44/c1-10-18-15(4)26-14-22(7,23(26,8)12-3)19-13-25(20(26)11-2)17(6)24(18,9)16(5)21(19)25/h15-21H,10-14H2,1-9H3. The third-order valence-corrected chi connectivity index (χ3v) is 13.7. The van der Waals surface area contributed by atoms with E-state index in [4.69, 9.17) is 0 Å². The van der Waals surface area contributed by atoms with Gasteiger partial charge in [0.25, 0.3) is 0 Å². The predicted octanol–water partition coefficient (Wildman–Crippen LogP) is 7.43. The maximum Gasteiger partial charge on any atom is -0.0171 e. The van der Waals surface area contributed by atoms with Crippen LogP contribution in [-0.2, 0) is 0 Å². The van der Waals surface area contributed by atoms with Crippen LogP contribution in [0.5, 0.6) is 0 Å². The highest BCUT2D eigenvalue weighted by molar-refractivity contribution is 5.37. The summed E-state index contributed by atoms with van der Waals surface area (Å²) in [6.45, 7) is 24.0. The summed E-state index contributed by atoms with van der Waals surface area (Å²) in [4.78, 5) is 0. The molecule has 8 aliphatic carbocycles. The molecule has 0 aromatic heterocycles. The van der Waals surface area contributed by atoms with E-state index in [2.05, 4.69) is 62.3 Å². The van der Waals surface area contributed by atoms with Crippen LogP contribution in [0.3, 0.4) is 0 Å². The molecule has 8 aliphatic rings. The van der Waals surface area contributed by atoms with Gasteiger partial charge in [0.05, 0.1) is 0 Å². The van der Waals surface area contributed by atoms with Crippen LogP contribution in [0, 0.1) is 68.5 Å². The Hall–Kier alpha value is 0. The van der Waals surface area contributed by atoms with Crippen LogP contribution in [-0.4, -0.2) is 0 Å². The summed E-state index contributed by atoms with van der Waals surface area (Å²) in [6.07, 6.45) is 7.37. The van der Waals surface area contributed by atoms with Crippen LogP contribution in [0.25, 0.3) is 0 Å². The zero-order chi connectivity index (χ0) is 19.1. The average molecular weight is 357 g/mol. The molecule has 26 heavy (non-hydrogen) atoms. The van der Waals surface area contributed by atoms with Crippen molar-refractivity contribution in [2.45, 2.75) is 94.4 Å². The van der Waals surface area contributed by atoms with Crippen molar-refractivity contribution in [3.05, 3.63) is 0 Å². The Balaban J connectivity index is 1.87. The molecule has 2 spiro atoms. The number of hydrogen-bond donors (Lipinski definition) is 0. The van der Waals surface area contributed by atoms with Crippen molar-refractivity contribution in [2.24, 2.45) is 68.5 Å². The van der Waals surface area contributed by atoms with Crippen molar-refractivity contribution in [3.8, 4) is 0 Å². The van der Waals surface area contributed by atoms with Gasteiger partial charge in [-0.25, -0.2) is 0 Å². The summed E-state index contributed by atoms with van der Waals surface area (Å²) in [7, 11) is 0. The van der Waals surface area contributed by atoms with E-state index in [1.54, 1.807) is 12.8 Å². The summed E-state index contributed by atoms with van der Waals surface area (Å²) in [6, 6.07) is 0. The lowest BCUT2D eigenvalue weighted by Gasteiger charge is -2.74. The van der Waals surface area contributed by atoms with Gasteiger partial charge in [-0.05, 0) is 87.8 Å². The molecule has 8 saturated carbocycles. The zero-order valence-corrected chi connectivity index (χ0v) is 19.1. The lowest BCUT2D eigenvalue weighted by molar-refractivity contribution is -0.265. The Morgan fingerprint density at radius 1 is 0.885 bits per heavy atom. The molecule has 0 aromatic rings. The fourth-order valence-electron chi connectivity index (χ4n) is 12.6. The second-order valence-electron chi connectivity index (χ2n) is 12.4. The van der Waals surface area contributed by atoms with E-state index in [0.29, 0.717) is 27.1 Å². The topological polar surface area (TPSA) is 0 Å². The third-order valence-electron chi connectivity index (χ3n) is 13.7. The van der Waals surface area contributed by atoms with Gasteiger partial charge in [0.1, 0.15) is 0 Å². The van der Waals surface area contributed by atoms with Crippen LogP contribution >= 0.6 is 0 Å². The molecule has 0 saturated heterocycles. The molecule has 0 heterocycles. The predicted molar refractivity (Wildman–Crippen MR) is 111 cm³/mol. The van der Waals surface area contributed by atoms with E-state index in [1.807, 2.05) is 0 Å². The first-order chi connectivity index (χ1) is 12.1. The monoisotopic (exact) mass is 356 g/mol. The minimum absolute atomic E-state index is 0.559.